The molecule has 0 aliphatic rings. The van der Waals surface area contributed by atoms with Crippen molar-refractivity contribution in [3.05, 3.63) is 70.6 Å². The monoisotopic (exact) mass is 336 g/mol. The Morgan fingerprint density at radius 2 is 1.96 bits per heavy atom. The van der Waals surface area contributed by atoms with Gasteiger partial charge < -0.3 is 10.4 Å². The first-order valence-corrected chi connectivity index (χ1v) is 8.31. The number of nitriles is 1. The Bertz CT molecular complexity index is 887. The molecular formula is C19H16N2O2S. The summed E-state index contributed by atoms with van der Waals surface area (Å²) in [5.74, 6) is -0.277. The van der Waals surface area contributed by atoms with E-state index < -0.39 is 5.60 Å². The number of benzene rings is 2. The standard InChI is InChI=1S/C19H16N2O2S/c1-19(23,17-10-15-4-2-3-5-16(15)24-17)12-21-18(22)14-8-6-13(11-20)7-9-14/h2-10,23H,12H2,1H3,(H,21,22). The van der Waals surface area contributed by atoms with Gasteiger partial charge in [0.05, 0.1) is 18.2 Å². The Hall–Kier alpha value is -2.68. The fourth-order valence-corrected chi connectivity index (χ4v) is 3.49. The normalized spacial score (nSPS) is 13.2. The lowest BCUT2D eigenvalue weighted by Gasteiger charge is -2.22. The third-order valence-electron chi connectivity index (χ3n) is 3.83. The topological polar surface area (TPSA) is 73.1 Å². The summed E-state index contributed by atoms with van der Waals surface area (Å²) in [6.45, 7) is 1.80. The molecule has 0 bridgehead atoms. The zero-order valence-electron chi connectivity index (χ0n) is 13.1. The number of fused-ring (bicyclic) bond motifs is 1. The van der Waals surface area contributed by atoms with Crippen molar-refractivity contribution in [1.29, 1.82) is 5.26 Å². The Labute approximate surface area is 144 Å². The molecule has 5 heteroatoms. The molecule has 0 saturated carbocycles. The highest BCUT2D eigenvalue weighted by molar-refractivity contribution is 7.19. The number of nitrogens with one attached hydrogen (secondary N) is 1. The highest BCUT2D eigenvalue weighted by atomic mass is 32.1. The maximum Gasteiger partial charge on any atom is 0.251 e. The third-order valence-corrected chi connectivity index (χ3v) is 5.19. The first-order chi connectivity index (χ1) is 11.5. The lowest BCUT2D eigenvalue weighted by molar-refractivity contribution is 0.0557. The van der Waals surface area contributed by atoms with E-state index in [1.165, 1.54) is 11.3 Å². The summed E-state index contributed by atoms with van der Waals surface area (Å²) in [7, 11) is 0. The van der Waals surface area contributed by atoms with Gasteiger partial charge in [-0.3, -0.25) is 4.79 Å². The third kappa shape index (κ3) is 3.30. The number of rotatable bonds is 4. The molecule has 3 rings (SSSR count). The maximum atomic E-state index is 12.2. The van der Waals surface area contributed by atoms with Crippen LogP contribution in [0.15, 0.2) is 54.6 Å². The summed E-state index contributed by atoms with van der Waals surface area (Å²) in [5, 5.41) is 23.3. The molecule has 1 amide bonds. The summed E-state index contributed by atoms with van der Waals surface area (Å²) in [4.78, 5) is 13.0. The van der Waals surface area contributed by atoms with Crippen LogP contribution in [-0.4, -0.2) is 17.6 Å². The Morgan fingerprint density at radius 3 is 2.62 bits per heavy atom. The van der Waals surface area contributed by atoms with E-state index in [0.29, 0.717) is 11.1 Å². The van der Waals surface area contributed by atoms with Gasteiger partial charge >= 0.3 is 0 Å². The van der Waals surface area contributed by atoms with Gasteiger partial charge in [0.15, 0.2) is 0 Å². The van der Waals surface area contributed by atoms with Crippen molar-refractivity contribution in [3.8, 4) is 6.07 Å². The maximum absolute atomic E-state index is 12.2. The summed E-state index contributed by atoms with van der Waals surface area (Å²) >= 11 is 1.52. The molecule has 1 aromatic heterocycles. The van der Waals surface area contributed by atoms with Crippen LogP contribution in [-0.2, 0) is 5.60 Å². The van der Waals surface area contributed by atoms with Crippen molar-refractivity contribution in [1.82, 2.24) is 5.32 Å². The summed E-state index contributed by atoms with van der Waals surface area (Å²) < 4.78 is 1.10. The molecule has 1 atom stereocenters. The minimum atomic E-state index is -1.15. The summed E-state index contributed by atoms with van der Waals surface area (Å²) in [5.41, 5.74) is -0.184. The first-order valence-electron chi connectivity index (χ1n) is 7.49. The van der Waals surface area contributed by atoms with Gasteiger partial charge in [-0.1, -0.05) is 18.2 Å². The van der Waals surface area contributed by atoms with Crippen LogP contribution >= 0.6 is 11.3 Å². The Kier molecular flexibility index (Phi) is 4.34. The van der Waals surface area contributed by atoms with Crippen molar-refractivity contribution in [2.45, 2.75) is 12.5 Å². The highest BCUT2D eigenvalue weighted by Crippen LogP contribution is 2.32. The zero-order chi connectivity index (χ0) is 17.2. The molecular weight excluding hydrogens is 320 g/mol. The summed E-state index contributed by atoms with van der Waals surface area (Å²) in [6, 6.07) is 18.3. The van der Waals surface area contributed by atoms with Gasteiger partial charge in [-0.25, -0.2) is 0 Å². The van der Waals surface area contributed by atoms with Crippen LogP contribution in [0.3, 0.4) is 0 Å². The van der Waals surface area contributed by atoms with E-state index in [2.05, 4.69) is 5.32 Å². The van der Waals surface area contributed by atoms with Crippen LogP contribution in [0.4, 0.5) is 0 Å². The van der Waals surface area contributed by atoms with E-state index in [1.807, 2.05) is 36.4 Å². The molecule has 4 nitrogen and oxygen atoms in total. The van der Waals surface area contributed by atoms with E-state index in [0.717, 1.165) is 15.0 Å². The lowest BCUT2D eigenvalue weighted by atomic mass is 10.0. The van der Waals surface area contributed by atoms with Gasteiger partial charge in [-0.15, -0.1) is 11.3 Å². The van der Waals surface area contributed by atoms with Crippen LogP contribution in [0.1, 0.15) is 27.7 Å². The van der Waals surface area contributed by atoms with Crippen LogP contribution in [0.25, 0.3) is 10.1 Å². The van der Waals surface area contributed by atoms with Gasteiger partial charge in [0.1, 0.15) is 5.60 Å². The number of aliphatic hydroxyl groups is 1. The molecule has 0 saturated heterocycles. The molecule has 120 valence electrons. The number of carbonyl (C=O) groups is 1. The van der Waals surface area contributed by atoms with Gasteiger partial charge in [0.25, 0.3) is 5.91 Å². The van der Waals surface area contributed by atoms with Crippen LogP contribution in [0.2, 0.25) is 0 Å². The molecule has 0 fully saturated rings. The average Bonchev–Trinajstić information content (AvgIpc) is 3.05. The molecule has 0 aliphatic carbocycles. The van der Waals surface area contributed by atoms with E-state index in [9.17, 15) is 9.90 Å². The van der Waals surface area contributed by atoms with Gasteiger partial charge in [0.2, 0.25) is 0 Å². The smallest absolute Gasteiger partial charge is 0.251 e. The lowest BCUT2D eigenvalue weighted by Crippen LogP contribution is -2.38. The predicted octanol–water partition coefficient (Wildman–Crippen LogP) is 3.41. The molecule has 3 aromatic rings. The molecule has 0 aliphatic heterocycles. The minimum Gasteiger partial charge on any atom is -0.383 e. The number of nitrogens with zero attached hydrogens (tertiary/aromatic N) is 1. The van der Waals surface area contributed by atoms with Crippen LogP contribution in [0, 0.1) is 11.3 Å². The van der Waals surface area contributed by atoms with Crippen molar-refractivity contribution < 1.29 is 9.90 Å². The van der Waals surface area contributed by atoms with Crippen molar-refractivity contribution >= 4 is 27.3 Å². The van der Waals surface area contributed by atoms with Gasteiger partial charge in [-0.05, 0) is 48.7 Å². The molecule has 1 unspecified atom stereocenters. The number of hydrogen-bond acceptors (Lipinski definition) is 4. The molecule has 1 heterocycles. The number of carbonyl (C=O) groups excluding carboxylic acids is 1. The Morgan fingerprint density at radius 1 is 1.25 bits per heavy atom. The van der Waals surface area contributed by atoms with E-state index in [1.54, 1.807) is 31.2 Å². The quantitative estimate of drug-likeness (QED) is 0.767. The molecule has 0 spiro atoms. The van der Waals surface area contributed by atoms with Crippen molar-refractivity contribution in [3.63, 3.8) is 0 Å². The number of hydrogen-bond donors (Lipinski definition) is 2. The first kappa shape index (κ1) is 16.2. The second-order valence-corrected chi connectivity index (χ2v) is 6.88. The van der Waals surface area contributed by atoms with E-state index in [4.69, 9.17) is 5.26 Å². The Balaban J connectivity index is 1.71. The van der Waals surface area contributed by atoms with Crippen molar-refractivity contribution in [2.75, 3.05) is 6.54 Å². The second-order valence-electron chi connectivity index (χ2n) is 5.79. The average molecular weight is 336 g/mol. The highest BCUT2D eigenvalue weighted by Gasteiger charge is 2.26. The minimum absolute atomic E-state index is 0.110. The fourth-order valence-electron chi connectivity index (χ4n) is 2.38. The van der Waals surface area contributed by atoms with Gasteiger partial charge in [-0.2, -0.15) is 5.26 Å². The largest absolute Gasteiger partial charge is 0.383 e. The number of amides is 1. The number of thiophene rings is 1. The molecule has 0 radical (unpaired) electrons. The fraction of sp³-hybridized carbons (Fsp3) is 0.158. The summed E-state index contributed by atoms with van der Waals surface area (Å²) in [6.07, 6.45) is 0. The zero-order valence-corrected chi connectivity index (χ0v) is 13.9. The van der Waals surface area contributed by atoms with Gasteiger partial charge in [0, 0.05) is 15.1 Å². The van der Waals surface area contributed by atoms with E-state index in [-0.39, 0.29) is 12.5 Å². The SMILES string of the molecule is CC(O)(CNC(=O)c1ccc(C#N)cc1)c1cc2ccccc2s1. The van der Waals surface area contributed by atoms with Crippen LogP contribution in [0.5, 0.6) is 0 Å². The molecule has 2 aromatic carbocycles. The van der Waals surface area contributed by atoms with E-state index >= 15 is 0 Å². The van der Waals surface area contributed by atoms with Crippen LogP contribution < -0.4 is 5.32 Å². The molecule has 2 N–H and O–H groups in total. The predicted molar refractivity (Wildman–Crippen MR) is 94.9 cm³/mol. The van der Waals surface area contributed by atoms with Crippen molar-refractivity contribution in [2.24, 2.45) is 0 Å². The molecule has 24 heavy (non-hydrogen) atoms. The second kappa shape index (κ2) is 6.44.